The fourth-order valence-electron chi connectivity index (χ4n) is 4.27. The number of nitrogens with zero attached hydrogens (tertiary/aromatic N) is 5. The predicted molar refractivity (Wildman–Crippen MR) is 143 cm³/mol. The van der Waals surface area contributed by atoms with Gasteiger partial charge in [0.2, 0.25) is 16.0 Å². The average molecular weight is 524 g/mol. The molecule has 0 spiro atoms. The molecule has 0 bridgehead atoms. The zero-order valence-corrected chi connectivity index (χ0v) is 22.1. The van der Waals surface area contributed by atoms with Gasteiger partial charge in [0.15, 0.2) is 0 Å². The van der Waals surface area contributed by atoms with Gasteiger partial charge in [0, 0.05) is 31.0 Å². The van der Waals surface area contributed by atoms with E-state index in [0.29, 0.717) is 40.2 Å². The first-order chi connectivity index (χ1) is 17.6. The van der Waals surface area contributed by atoms with E-state index in [9.17, 15) is 12.8 Å². The van der Waals surface area contributed by atoms with Crippen molar-refractivity contribution in [1.82, 2.24) is 24.3 Å². The summed E-state index contributed by atoms with van der Waals surface area (Å²) in [6.07, 6.45) is 7.15. The highest BCUT2D eigenvalue weighted by Crippen LogP contribution is 2.35. The van der Waals surface area contributed by atoms with Crippen LogP contribution in [0.5, 0.6) is 0 Å². The zero-order valence-electron chi connectivity index (χ0n) is 21.3. The largest absolute Gasteiger partial charge is 0.354 e. The van der Waals surface area contributed by atoms with Gasteiger partial charge in [0.1, 0.15) is 11.5 Å². The normalized spacial score (nSPS) is 13.9. The minimum absolute atomic E-state index is 0.137. The lowest BCUT2D eigenvalue weighted by molar-refractivity contribution is 0.401. The Labute approximate surface area is 215 Å². The number of halogens is 1. The fraction of sp³-hybridized carbons (Fsp3) is 0.346. The molecule has 0 unspecified atom stereocenters. The van der Waals surface area contributed by atoms with Crippen molar-refractivity contribution in [2.75, 3.05) is 36.9 Å². The molecule has 0 amide bonds. The van der Waals surface area contributed by atoms with E-state index in [1.165, 1.54) is 25.0 Å². The van der Waals surface area contributed by atoms with Gasteiger partial charge in [-0.05, 0) is 81.2 Å². The number of hydrogen-bond acceptors (Lipinski definition) is 7. The lowest BCUT2D eigenvalue weighted by Gasteiger charge is -2.13. The Kier molecular flexibility index (Phi) is 6.59. The maximum Gasteiger partial charge on any atom is 0.229 e. The predicted octanol–water partition coefficient (Wildman–Crippen LogP) is 4.16. The Balaban J connectivity index is 1.68. The molecule has 194 valence electrons. The second kappa shape index (κ2) is 9.71. The van der Waals surface area contributed by atoms with Crippen LogP contribution < -0.4 is 10.0 Å². The number of hydrogen-bond donors (Lipinski definition) is 2. The van der Waals surface area contributed by atoms with Crippen LogP contribution in [0.2, 0.25) is 0 Å². The SMILES string of the molecule is Cc1cn2c(-c3ccnc(NCC4CC4)n3)c(-c3ccc(F)c(NS(C)(=O)=O)c3)nc2cc1CN(C)C. The van der Waals surface area contributed by atoms with Gasteiger partial charge in [-0.1, -0.05) is 0 Å². The van der Waals surface area contributed by atoms with Crippen LogP contribution in [0, 0.1) is 18.7 Å². The van der Waals surface area contributed by atoms with E-state index >= 15 is 0 Å². The molecular formula is C26H30FN7O2S. The van der Waals surface area contributed by atoms with E-state index in [-0.39, 0.29) is 5.69 Å². The van der Waals surface area contributed by atoms with Crippen molar-refractivity contribution >= 4 is 27.3 Å². The Morgan fingerprint density at radius 1 is 1.16 bits per heavy atom. The van der Waals surface area contributed by atoms with E-state index in [4.69, 9.17) is 9.97 Å². The van der Waals surface area contributed by atoms with Gasteiger partial charge in [0.25, 0.3) is 0 Å². The number of benzene rings is 1. The van der Waals surface area contributed by atoms with Crippen LogP contribution >= 0.6 is 0 Å². The Morgan fingerprint density at radius 3 is 2.65 bits per heavy atom. The third-order valence-electron chi connectivity index (χ3n) is 6.24. The minimum Gasteiger partial charge on any atom is -0.354 e. The summed E-state index contributed by atoms with van der Waals surface area (Å²) in [5.74, 6) is 0.526. The molecule has 3 aromatic heterocycles. The highest BCUT2D eigenvalue weighted by atomic mass is 32.2. The molecule has 1 aliphatic rings. The van der Waals surface area contributed by atoms with E-state index < -0.39 is 15.8 Å². The van der Waals surface area contributed by atoms with Crippen molar-refractivity contribution in [3.63, 3.8) is 0 Å². The molecule has 4 aromatic rings. The summed E-state index contributed by atoms with van der Waals surface area (Å²) >= 11 is 0. The van der Waals surface area contributed by atoms with Crippen LogP contribution in [-0.4, -0.2) is 59.6 Å². The van der Waals surface area contributed by atoms with Gasteiger partial charge < -0.3 is 10.2 Å². The topological polar surface area (TPSA) is 105 Å². The highest BCUT2D eigenvalue weighted by molar-refractivity contribution is 7.92. The number of aryl methyl sites for hydroxylation is 1. The molecule has 0 saturated heterocycles. The smallest absolute Gasteiger partial charge is 0.229 e. The van der Waals surface area contributed by atoms with Gasteiger partial charge in [-0.15, -0.1) is 0 Å². The van der Waals surface area contributed by atoms with Crippen LogP contribution in [-0.2, 0) is 16.6 Å². The Morgan fingerprint density at radius 2 is 1.95 bits per heavy atom. The lowest BCUT2D eigenvalue weighted by atomic mass is 10.1. The molecule has 0 aliphatic heterocycles. The third kappa shape index (κ3) is 5.72. The number of rotatable bonds is 9. The van der Waals surface area contributed by atoms with Gasteiger partial charge in [-0.2, -0.15) is 0 Å². The minimum atomic E-state index is -3.67. The van der Waals surface area contributed by atoms with Gasteiger partial charge in [-0.25, -0.2) is 27.8 Å². The van der Waals surface area contributed by atoms with Crippen molar-refractivity contribution < 1.29 is 12.8 Å². The number of pyridine rings is 1. The summed E-state index contributed by atoms with van der Waals surface area (Å²) in [6, 6.07) is 8.15. The van der Waals surface area contributed by atoms with Crippen LogP contribution in [0.15, 0.2) is 42.7 Å². The third-order valence-corrected chi connectivity index (χ3v) is 6.83. The second-order valence-electron chi connectivity index (χ2n) is 9.92. The lowest BCUT2D eigenvalue weighted by Crippen LogP contribution is -2.12. The number of aromatic nitrogens is 4. The highest BCUT2D eigenvalue weighted by Gasteiger charge is 2.23. The first-order valence-electron chi connectivity index (χ1n) is 12.1. The number of sulfonamides is 1. The van der Waals surface area contributed by atoms with Crippen LogP contribution in [0.1, 0.15) is 24.0 Å². The Hall–Kier alpha value is -3.57. The second-order valence-corrected chi connectivity index (χ2v) is 11.7. The number of fused-ring (bicyclic) bond motifs is 1. The molecule has 1 aliphatic carbocycles. The molecule has 11 heteroatoms. The van der Waals surface area contributed by atoms with Crippen molar-refractivity contribution in [2.24, 2.45) is 5.92 Å². The molecule has 9 nitrogen and oxygen atoms in total. The van der Waals surface area contributed by atoms with Crippen molar-refractivity contribution in [2.45, 2.75) is 26.3 Å². The van der Waals surface area contributed by atoms with E-state index in [1.807, 2.05) is 36.8 Å². The Bertz CT molecular complexity index is 1580. The summed E-state index contributed by atoms with van der Waals surface area (Å²) in [7, 11) is 0.352. The summed E-state index contributed by atoms with van der Waals surface area (Å²) in [5.41, 5.74) is 5.27. The summed E-state index contributed by atoms with van der Waals surface area (Å²) in [4.78, 5) is 16.2. The molecular weight excluding hydrogens is 493 g/mol. The zero-order chi connectivity index (χ0) is 26.3. The quantitative estimate of drug-likeness (QED) is 0.339. The monoisotopic (exact) mass is 523 g/mol. The molecule has 3 heterocycles. The maximum atomic E-state index is 14.5. The summed E-state index contributed by atoms with van der Waals surface area (Å²) in [6.45, 7) is 3.63. The van der Waals surface area contributed by atoms with Crippen LogP contribution in [0.4, 0.5) is 16.0 Å². The first-order valence-corrected chi connectivity index (χ1v) is 14.0. The molecule has 1 fully saturated rings. The summed E-state index contributed by atoms with van der Waals surface area (Å²) < 4.78 is 42.4. The molecule has 1 aromatic carbocycles. The van der Waals surface area contributed by atoms with E-state index in [0.717, 1.165) is 30.5 Å². The standard InChI is InChI=1S/C26H30FN7O2S/c1-16-14-34-23(12-19(16)15-33(2)3)31-24(18-7-8-20(27)22(11-18)32-37(4,35)36)25(34)21-9-10-28-26(30-21)29-13-17-5-6-17/h7-12,14,17,32H,5-6,13,15H2,1-4H3,(H,28,29,30). The fourth-order valence-corrected chi connectivity index (χ4v) is 4.83. The molecule has 0 radical (unpaired) electrons. The number of nitrogens with one attached hydrogen (secondary N) is 2. The average Bonchev–Trinajstić information content (AvgIpc) is 3.58. The molecule has 37 heavy (non-hydrogen) atoms. The van der Waals surface area contributed by atoms with Crippen molar-refractivity contribution in [3.8, 4) is 22.6 Å². The van der Waals surface area contributed by atoms with Gasteiger partial charge in [-0.3, -0.25) is 9.12 Å². The summed E-state index contributed by atoms with van der Waals surface area (Å²) in [5, 5.41) is 3.32. The number of imidazole rings is 1. The molecule has 1 saturated carbocycles. The van der Waals surface area contributed by atoms with E-state index in [1.54, 1.807) is 12.3 Å². The van der Waals surface area contributed by atoms with E-state index in [2.05, 4.69) is 26.8 Å². The molecule has 0 atom stereocenters. The van der Waals surface area contributed by atoms with Gasteiger partial charge >= 0.3 is 0 Å². The molecule has 2 N–H and O–H groups in total. The first kappa shape index (κ1) is 25.1. The van der Waals surface area contributed by atoms with Crippen LogP contribution in [0.3, 0.4) is 0 Å². The van der Waals surface area contributed by atoms with Gasteiger partial charge in [0.05, 0.1) is 29.0 Å². The van der Waals surface area contributed by atoms with Crippen molar-refractivity contribution in [1.29, 1.82) is 0 Å². The maximum absolute atomic E-state index is 14.5. The molecule has 5 rings (SSSR count). The number of anilines is 2. The van der Waals surface area contributed by atoms with Crippen molar-refractivity contribution in [3.05, 3.63) is 59.7 Å². The van der Waals surface area contributed by atoms with Crippen LogP contribution in [0.25, 0.3) is 28.3 Å².